The first kappa shape index (κ1) is 19.6. The minimum Gasteiger partial charge on any atom is -0.492 e. The van der Waals surface area contributed by atoms with E-state index >= 15 is 0 Å². The zero-order chi connectivity index (χ0) is 19.1. The molecule has 148 valence electrons. The summed E-state index contributed by atoms with van der Waals surface area (Å²) < 4.78 is 11.1. The number of benzene rings is 1. The molecule has 1 saturated heterocycles. The summed E-state index contributed by atoms with van der Waals surface area (Å²) in [6.07, 6.45) is 3.19. The first-order chi connectivity index (χ1) is 13.1. The van der Waals surface area contributed by atoms with Crippen LogP contribution >= 0.6 is 0 Å². The van der Waals surface area contributed by atoms with Crippen molar-refractivity contribution < 1.29 is 24.2 Å². The number of morpholine rings is 1. The van der Waals surface area contributed by atoms with Crippen LogP contribution in [0.1, 0.15) is 36.0 Å². The van der Waals surface area contributed by atoms with Crippen molar-refractivity contribution in [2.24, 2.45) is 5.92 Å². The molecule has 2 fully saturated rings. The largest absolute Gasteiger partial charge is 0.492 e. The molecule has 0 aromatic heterocycles. The highest BCUT2D eigenvalue weighted by atomic mass is 16.5. The van der Waals surface area contributed by atoms with Gasteiger partial charge in [0.15, 0.2) is 0 Å². The highest BCUT2D eigenvalue weighted by Gasteiger charge is 2.31. The van der Waals surface area contributed by atoms with Crippen molar-refractivity contribution in [1.82, 2.24) is 10.2 Å². The highest BCUT2D eigenvalue weighted by Crippen LogP contribution is 2.25. The average Bonchev–Trinajstić information content (AvgIpc) is 2.69. The van der Waals surface area contributed by atoms with Crippen molar-refractivity contribution in [2.75, 3.05) is 39.5 Å². The zero-order valence-corrected chi connectivity index (χ0v) is 15.6. The number of aliphatic carboxylic acids is 1. The van der Waals surface area contributed by atoms with Crippen LogP contribution in [0.5, 0.6) is 5.75 Å². The van der Waals surface area contributed by atoms with Gasteiger partial charge in [0.05, 0.1) is 19.1 Å². The van der Waals surface area contributed by atoms with E-state index in [-0.39, 0.29) is 11.9 Å². The molecule has 7 heteroatoms. The average molecular weight is 376 g/mol. The summed E-state index contributed by atoms with van der Waals surface area (Å²) in [4.78, 5) is 26.1. The third-order valence-electron chi connectivity index (χ3n) is 5.30. The quantitative estimate of drug-likeness (QED) is 0.754. The van der Waals surface area contributed by atoms with Gasteiger partial charge in [-0.3, -0.25) is 14.5 Å². The Balaban J connectivity index is 1.47. The lowest BCUT2D eigenvalue weighted by Crippen LogP contribution is -2.45. The van der Waals surface area contributed by atoms with Crippen molar-refractivity contribution in [3.8, 4) is 5.75 Å². The fourth-order valence-corrected chi connectivity index (χ4v) is 3.67. The topological polar surface area (TPSA) is 88.1 Å². The van der Waals surface area contributed by atoms with Crippen LogP contribution in [0.25, 0.3) is 0 Å². The maximum Gasteiger partial charge on any atom is 0.308 e. The number of carboxylic acid groups (broad SMARTS) is 1. The van der Waals surface area contributed by atoms with Gasteiger partial charge in [-0.2, -0.15) is 0 Å². The van der Waals surface area contributed by atoms with Crippen LogP contribution in [-0.2, 0) is 9.53 Å². The second-order valence-corrected chi connectivity index (χ2v) is 7.14. The van der Waals surface area contributed by atoms with Crippen molar-refractivity contribution in [3.05, 3.63) is 29.8 Å². The monoisotopic (exact) mass is 376 g/mol. The van der Waals surface area contributed by atoms with E-state index in [0.29, 0.717) is 25.0 Å². The van der Waals surface area contributed by atoms with E-state index in [4.69, 9.17) is 9.47 Å². The van der Waals surface area contributed by atoms with Gasteiger partial charge in [0.2, 0.25) is 0 Å². The number of carbonyl (C=O) groups excluding carboxylic acids is 1. The summed E-state index contributed by atoms with van der Waals surface area (Å²) in [5.74, 6) is -0.830. The fourth-order valence-electron chi connectivity index (χ4n) is 3.67. The highest BCUT2D eigenvalue weighted by molar-refractivity contribution is 5.94. The Morgan fingerprint density at radius 1 is 1.15 bits per heavy atom. The van der Waals surface area contributed by atoms with E-state index in [9.17, 15) is 14.7 Å². The predicted octanol–water partition coefficient (Wildman–Crippen LogP) is 1.77. The summed E-state index contributed by atoms with van der Waals surface area (Å²) in [7, 11) is 0. The number of carboxylic acids is 1. The summed E-state index contributed by atoms with van der Waals surface area (Å²) in [5, 5.41) is 12.2. The molecule has 27 heavy (non-hydrogen) atoms. The molecule has 2 unspecified atom stereocenters. The second kappa shape index (κ2) is 9.71. The number of ether oxygens (including phenoxy) is 2. The number of amides is 1. The third kappa shape index (κ3) is 5.68. The van der Waals surface area contributed by atoms with Gasteiger partial charge in [0.1, 0.15) is 12.4 Å². The minimum absolute atomic E-state index is 0.229. The van der Waals surface area contributed by atoms with Gasteiger partial charge in [0.25, 0.3) is 5.91 Å². The zero-order valence-electron chi connectivity index (χ0n) is 15.6. The van der Waals surface area contributed by atoms with Crippen molar-refractivity contribution >= 4 is 11.9 Å². The van der Waals surface area contributed by atoms with E-state index in [1.165, 1.54) is 0 Å². The standard InChI is InChI=1S/C20H28N2O5/c23-19(21-18-4-2-1-3-17(18)20(24)25)15-5-7-16(8-6-15)27-14-11-22-9-12-26-13-10-22/h5-8,17-18H,1-4,9-14H2,(H,21,23)(H,24,25). The van der Waals surface area contributed by atoms with Crippen molar-refractivity contribution in [1.29, 1.82) is 0 Å². The molecule has 0 spiro atoms. The Hall–Kier alpha value is -2.12. The van der Waals surface area contributed by atoms with Crippen LogP contribution in [0.3, 0.4) is 0 Å². The van der Waals surface area contributed by atoms with Gasteiger partial charge < -0.3 is 19.9 Å². The van der Waals surface area contributed by atoms with Gasteiger partial charge >= 0.3 is 5.97 Å². The molecule has 0 bridgehead atoms. The molecule has 1 heterocycles. The first-order valence-corrected chi connectivity index (χ1v) is 9.70. The van der Waals surface area contributed by atoms with Crippen LogP contribution in [0.2, 0.25) is 0 Å². The molecule has 2 atom stereocenters. The molecule has 2 N–H and O–H groups in total. The van der Waals surface area contributed by atoms with Crippen LogP contribution in [0.15, 0.2) is 24.3 Å². The molecule has 1 aliphatic carbocycles. The Morgan fingerprint density at radius 2 is 1.85 bits per heavy atom. The van der Waals surface area contributed by atoms with Gasteiger partial charge in [-0.25, -0.2) is 0 Å². The lowest BCUT2D eigenvalue weighted by atomic mass is 9.84. The van der Waals surface area contributed by atoms with E-state index in [1.807, 2.05) is 0 Å². The number of rotatable bonds is 7. The lowest BCUT2D eigenvalue weighted by molar-refractivity contribution is -0.143. The van der Waals surface area contributed by atoms with E-state index in [2.05, 4.69) is 10.2 Å². The fraction of sp³-hybridized carbons (Fsp3) is 0.600. The third-order valence-corrected chi connectivity index (χ3v) is 5.30. The molecule has 2 aliphatic rings. The molecule has 1 saturated carbocycles. The molecule has 1 aliphatic heterocycles. The van der Waals surface area contributed by atoms with Crippen LogP contribution in [-0.4, -0.2) is 67.4 Å². The number of nitrogens with zero attached hydrogens (tertiary/aromatic N) is 1. The van der Waals surface area contributed by atoms with Crippen molar-refractivity contribution in [2.45, 2.75) is 31.7 Å². The SMILES string of the molecule is O=C(NC1CCCCC1C(=O)O)c1ccc(OCCN2CCOCC2)cc1. The number of hydrogen-bond acceptors (Lipinski definition) is 5. The Morgan fingerprint density at radius 3 is 2.56 bits per heavy atom. The normalized spacial score (nSPS) is 23.6. The Bertz CT molecular complexity index is 628. The molecule has 1 aromatic carbocycles. The van der Waals surface area contributed by atoms with Crippen LogP contribution < -0.4 is 10.1 Å². The maximum atomic E-state index is 12.4. The summed E-state index contributed by atoms with van der Waals surface area (Å²) in [5.41, 5.74) is 0.519. The molecule has 3 rings (SSSR count). The molecular formula is C20H28N2O5. The van der Waals surface area contributed by atoms with Gasteiger partial charge in [-0.1, -0.05) is 12.8 Å². The van der Waals surface area contributed by atoms with E-state index in [1.54, 1.807) is 24.3 Å². The van der Waals surface area contributed by atoms with Crippen LogP contribution in [0, 0.1) is 5.92 Å². The maximum absolute atomic E-state index is 12.4. The minimum atomic E-state index is -0.830. The molecular weight excluding hydrogens is 348 g/mol. The van der Waals surface area contributed by atoms with Gasteiger partial charge in [-0.05, 0) is 37.1 Å². The lowest BCUT2D eigenvalue weighted by Gasteiger charge is -2.29. The predicted molar refractivity (Wildman–Crippen MR) is 100 cm³/mol. The summed E-state index contributed by atoms with van der Waals surface area (Å²) in [6.45, 7) is 4.85. The van der Waals surface area contributed by atoms with Crippen LogP contribution in [0.4, 0.5) is 0 Å². The smallest absolute Gasteiger partial charge is 0.308 e. The van der Waals surface area contributed by atoms with Gasteiger partial charge in [0, 0.05) is 31.2 Å². The molecule has 1 amide bonds. The molecule has 7 nitrogen and oxygen atoms in total. The molecule has 0 radical (unpaired) electrons. The second-order valence-electron chi connectivity index (χ2n) is 7.14. The Kier molecular flexibility index (Phi) is 7.06. The van der Waals surface area contributed by atoms with E-state index in [0.717, 1.165) is 51.4 Å². The number of carbonyl (C=O) groups is 2. The summed E-state index contributed by atoms with van der Waals surface area (Å²) in [6, 6.07) is 6.71. The Labute approximate surface area is 159 Å². The number of hydrogen-bond donors (Lipinski definition) is 2. The van der Waals surface area contributed by atoms with Gasteiger partial charge in [-0.15, -0.1) is 0 Å². The molecule has 1 aromatic rings. The summed E-state index contributed by atoms with van der Waals surface area (Å²) >= 11 is 0. The van der Waals surface area contributed by atoms with Crippen molar-refractivity contribution in [3.63, 3.8) is 0 Å². The number of nitrogens with one attached hydrogen (secondary N) is 1. The van der Waals surface area contributed by atoms with E-state index < -0.39 is 11.9 Å². The first-order valence-electron chi connectivity index (χ1n) is 9.70.